The van der Waals surface area contributed by atoms with Crippen molar-refractivity contribution in [3.63, 3.8) is 0 Å². The van der Waals surface area contributed by atoms with Crippen LogP contribution < -0.4 is 0 Å². The lowest BCUT2D eigenvalue weighted by molar-refractivity contribution is -0.124. The van der Waals surface area contributed by atoms with Crippen LogP contribution in [0.2, 0.25) is 0 Å². The van der Waals surface area contributed by atoms with Gasteiger partial charge in [0.1, 0.15) is 0 Å². The van der Waals surface area contributed by atoms with Gasteiger partial charge in [-0.2, -0.15) is 0 Å². The van der Waals surface area contributed by atoms with Gasteiger partial charge in [0.15, 0.2) is 0 Å². The molecule has 4 aliphatic rings. The number of hydrogen-bond acceptors (Lipinski definition) is 16. The Bertz CT molecular complexity index is 5380. The van der Waals surface area contributed by atoms with E-state index in [2.05, 4.69) is 118 Å². The third kappa shape index (κ3) is 10.5. The molecule has 0 aliphatic carbocycles. The van der Waals surface area contributed by atoms with E-state index in [1.807, 2.05) is 115 Å². The van der Waals surface area contributed by atoms with Crippen LogP contribution in [0.25, 0.3) is 108 Å². The number of unbranched alkanes of at least 4 members (excludes halogenated alkanes) is 8. The summed E-state index contributed by atoms with van der Waals surface area (Å²) >= 11 is 21.9. The number of carbonyl (C=O) groups excluding carboxylic acids is 4. The third-order valence-electron chi connectivity index (χ3n) is 19.8. The second-order valence-electron chi connectivity index (χ2n) is 27.1. The summed E-state index contributed by atoms with van der Waals surface area (Å²) in [5, 5.41) is 0. The van der Waals surface area contributed by atoms with Crippen LogP contribution in [0.5, 0.6) is 0 Å². The number of fused-ring (bicyclic) bond motifs is 12. The molecule has 12 aromatic heterocycles. The minimum absolute atomic E-state index is 0.0290. The highest BCUT2D eigenvalue weighted by Crippen LogP contribution is 2.59. The Balaban J connectivity index is 0.684. The highest BCUT2D eigenvalue weighted by molar-refractivity contribution is 7.47. The first kappa shape index (κ1) is 65.4. The van der Waals surface area contributed by atoms with Crippen molar-refractivity contribution >= 4 is 239 Å². The SMILES string of the molecule is Cc1ccc(C2=C3C(=O)N(CCCCCCCC(C)C)C(c4ccc(-c5sc6c(sc7c8sc(-c9ccc(C%10=C%11C(=O)N(C)C(c%12ccc(-c%13sc%14c(sc%15c%16sc(C)c(C)c%16sc%14%15)c%13C)s%12)=C%11C(=O)N%10C)s9)c(C)c8sc67)c5C)s4)=C3C(=O)N2CCCCCCCC(C)C)s1. The van der Waals surface area contributed by atoms with Crippen molar-refractivity contribution in [2.45, 2.75) is 146 Å². The van der Waals surface area contributed by atoms with Crippen LogP contribution in [-0.2, 0) is 19.2 Å². The van der Waals surface area contributed by atoms with E-state index in [1.54, 1.807) is 55.1 Å². The van der Waals surface area contributed by atoms with Gasteiger partial charge in [-0.25, -0.2) is 0 Å². The Morgan fingerprint density at radius 1 is 0.302 bits per heavy atom. The average Bonchev–Trinajstić information content (AvgIpc) is 1.57. The Kier molecular flexibility index (Phi) is 17.3. The fraction of sp³-hybridized carbons (Fsp3) is 0.368. The minimum atomic E-state index is -0.147. The van der Waals surface area contributed by atoms with Crippen LogP contribution in [0.1, 0.15) is 156 Å². The molecule has 8 nitrogen and oxygen atoms in total. The quantitative estimate of drug-likeness (QED) is 0.0598. The maximum atomic E-state index is 15.2. The van der Waals surface area contributed by atoms with Crippen molar-refractivity contribution < 1.29 is 19.2 Å². The number of amides is 4. The molecule has 16 heterocycles. The number of aryl methyl sites for hydroxylation is 6. The van der Waals surface area contributed by atoms with Crippen molar-refractivity contribution in [2.75, 3.05) is 27.2 Å². The molecule has 0 bridgehead atoms. The van der Waals surface area contributed by atoms with Crippen LogP contribution in [0.3, 0.4) is 0 Å². The summed E-state index contributed by atoms with van der Waals surface area (Å²) in [4.78, 5) is 80.5. The van der Waals surface area contributed by atoms with Crippen molar-refractivity contribution in [2.24, 2.45) is 11.8 Å². The number of likely N-dealkylation sites (N-methyl/N-ethyl adjacent to an activating group) is 2. The first-order chi connectivity index (χ1) is 46.3. The molecule has 0 fully saturated rings. The molecule has 0 aromatic carbocycles. The lowest BCUT2D eigenvalue weighted by atomic mass is 10.0. The fourth-order valence-corrected chi connectivity index (χ4v) is 31.2. The van der Waals surface area contributed by atoms with Gasteiger partial charge in [0.25, 0.3) is 23.6 Å². The molecular formula is C76H74N4O4S12. The Labute approximate surface area is 608 Å². The molecular weight excluding hydrogens is 1420 g/mol. The summed E-state index contributed by atoms with van der Waals surface area (Å²) in [7, 11) is 3.63. The molecule has 0 unspecified atom stereocenters. The summed E-state index contributed by atoms with van der Waals surface area (Å²) < 4.78 is 16.3. The molecule has 4 aliphatic heterocycles. The molecule has 4 amide bonds. The van der Waals surface area contributed by atoms with Crippen molar-refractivity contribution in [3.8, 4) is 29.3 Å². The summed E-state index contributed by atoms with van der Waals surface area (Å²) in [5.74, 6) is 1.07. The van der Waals surface area contributed by atoms with E-state index < -0.39 is 0 Å². The first-order valence-corrected chi connectivity index (χ1v) is 43.3. The van der Waals surface area contributed by atoms with Crippen LogP contribution in [0, 0.1) is 53.4 Å². The predicted octanol–water partition coefficient (Wildman–Crippen LogP) is 25.1. The zero-order valence-electron chi connectivity index (χ0n) is 56.0. The van der Waals surface area contributed by atoms with Gasteiger partial charge in [-0.1, -0.05) is 91.9 Å². The van der Waals surface area contributed by atoms with Gasteiger partial charge in [0.05, 0.1) is 121 Å². The monoisotopic (exact) mass is 1490 g/mol. The lowest BCUT2D eigenvalue weighted by Gasteiger charge is -2.24. The normalized spacial score (nSPS) is 15.7. The van der Waals surface area contributed by atoms with Gasteiger partial charge >= 0.3 is 0 Å². The molecule has 0 N–H and O–H groups in total. The third-order valence-corrected chi connectivity index (χ3v) is 36.3. The maximum Gasteiger partial charge on any atom is 0.261 e. The summed E-state index contributed by atoms with van der Waals surface area (Å²) in [6.45, 7) is 23.7. The number of thiophene rings is 12. The second-order valence-corrected chi connectivity index (χ2v) is 40.1. The molecule has 0 saturated carbocycles. The van der Waals surface area contributed by atoms with E-state index in [1.165, 1.54) is 142 Å². The van der Waals surface area contributed by atoms with E-state index in [9.17, 15) is 9.59 Å². The summed E-state index contributed by atoms with van der Waals surface area (Å²) in [6.07, 6.45) is 13.6. The number of hydrogen-bond donors (Lipinski definition) is 0. The second kappa shape index (κ2) is 25.5. The van der Waals surface area contributed by atoms with Crippen molar-refractivity contribution in [3.05, 3.63) is 122 Å². The molecule has 20 heteroatoms. The van der Waals surface area contributed by atoms with Gasteiger partial charge in [0.2, 0.25) is 0 Å². The highest BCUT2D eigenvalue weighted by atomic mass is 32.1. The molecule has 12 aromatic rings. The molecule has 16 rings (SSSR count). The van der Waals surface area contributed by atoms with Gasteiger partial charge < -0.3 is 19.6 Å². The van der Waals surface area contributed by atoms with Crippen LogP contribution in [0.15, 0.2) is 70.8 Å². The van der Waals surface area contributed by atoms with Gasteiger partial charge in [-0.05, 0) is 137 Å². The molecule has 0 saturated heterocycles. The molecule has 96 heavy (non-hydrogen) atoms. The smallest absolute Gasteiger partial charge is 0.261 e. The van der Waals surface area contributed by atoms with E-state index in [4.69, 9.17) is 0 Å². The molecule has 0 atom stereocenters. The Morgan fingerprint density at radius 2 is 0.604 bits per heavy atom. The van der Waals surface area contributed by atoms with E-state index >= 15 is 9.59 Å². The van der Waals surface area contributed by atoms with E-state index in [0.717, 1.165) is 84.1 Å². The standard InChI is InChI=1S/C76H74N4O4S12/c1-35(2)23-19-15-13-17-21-33-79-56(45-26-25-37(5)85-45)52-53(76(79)84)57(80(75(52)83)34-22-18-14-16-20-24-36(3)4)46-29-32-49(89-46)60-41(9)64-68(92-60)72-71(96-64)67-63(95-72)40(8)59(91-67)48-31-28-44(88-48)55-51-50(73(81)78(55)12)54(77(11)74(51)82)43-27-30-47(87-43)58-39(7)62-66(90-58)70-69(94-62)65-61(93-70)38(6)42(10)86-65/h25-32,35-36H,13-24,33-34H2,1-12H3. The number of carbonyl (C=O) groups is 4. The van der Waals surface area contributed by atoms with Crippen LogP contribution in [0.4, 0.5) is 0 Å². The molecule has 0 radical (unpaired) electrons. The van der Waals surface area contributed by atoms with E-state index in [-0.39, 0.29) is 23.6 Å². The Hall–Kier alpha value is -5.20. The Morgan fingerprint density at radius 3 is 0.979 bits per heavy atom. The lowest BCUT2D eigenvalue weighted by Crippen LogP contribution is -2.30. The molecule has 494 valence electrons. The van der Waals surface area contributed by atoms with Crippen LogP contribution in [-0.4, -0.2) is 70.4 Å². The minimum Gasteiger partial charge on any atom is -0.309 e. The van der Waals surface area contributed by atoms with Gasteiger partial charge in [0, 0.05) is 66.2 Å². The number of nitrogens with zero attached hydrogens (tertiary/aromatic N) is 4. The first-order valence-electron chi connectivity index (χ1n) is 33.5. The topological polar surface area (TPSA) is 81.2 Å². The molecule has 0 spiro atoms. The predicted molar refractivity (Wildman–Crippen MR) is 425 cm³/mol. The zero-order chi connectivity index (χ0) is 66.6. The summed E-state index contributed by atoms with van der Waals surface area (Å²) in [5.41, 5.74) is 10.4. The van der Waals surface area contributed by atoms with E-state index in [0.29, 0.717) is 58.6 Å². The maximum absolute atomic E-state index is 15.2. The van der Waals surface area contributed by atoms with Crippen molar-refractivity contribution in [1.29, 1.82) is 0 Å². The highest BCUT2D eigenvalue weighted by Gasteiger charge is 2.50. The number of rotatable bonds is 23. The van der Waals surface area contributed by atoms with Gasteiger partial charge in [-0.3, -0.25) is 19.2 Å². The van der Waals surface area contributed by atoms with Crippen LogP contribution >= 0.6 is 136 Å². The van der Waals surface area contributed by atoms with Gasteiger partial charge in [-0.15, -0.1) is 136 Å². The van der Waals surface area contributed by atoms with Crippen molar-refractivity contribution in [1.82, 2.24) is 19.6 Å². The summed E-state index contributed by atoms with van der Waals surface area (Å²) in [6, 6.07) is 17.2. The fourth-order valence-electron chi connectivity index (χ4n) is 14.6. The largest absolute Gasteiger partial charge is 0.309 e. The zero-order valence-corrected chi connectivity index (χ0v) is 65.8. The average molecular weight is 1490 g/mol.